The van der Waals surface area contributed by atoms with E-state index in [1.54, 1.807) is 18.5 Å². The van der Waals surface area contributed by atoms with Gasteiger partial charge in [0, 0.05) is 24.2 Å². The van der Waals surface area contributed by atoms with Gasteiger partial charge >= 0.3 is 5.97 Å². The Balaban J connectivity index is 2.52. The van der Waals surface area contributed by atoms with E-state index >= 15 is 0 Å². The van der Waals surface area contributed by atoms with E-state index in [0.29, 0.717) is 11.3 Å². The number of aromatic amines is 1. The molecule has 14 heavy (non-hydrogen) atoms. The van der Waals surface area contributed by atoms with Crippen molar-refractivity contribution in [2.45, 2.75) is 0 Å². The highest BCUT2D eigenvalue weighted by Gasteiger charge is 2.12. The second-order valence-corrected chi connectivity index (χ2v) is 2.68. The molecule has 70 valence electrons. The molecule has 2 aromatic rings. The first-order chi connectivity index (χ1) is 6.79. The van der Waals surface area contributed by atoms with Crippen LogP contribution < -0.4 is 0 Å². The van der Waals surface area contributed by atoms with Crippen LogP contribution in [0.25, 0.3) is 11.3 Å². The van der Waals surface area contributed by atoms with E-state index in [1.807, 2.05) is 0 Å². The fourth-order valence-electron chi connectivity index (χ4n) is 1.20. The zero-order valence-electron chi connectivity index (χ0n) is 7.14. The minimum Gasteiger partial charge on any atom is -0.478 e. The number of nitrogens with one attached hydrogen (secondary N) is 1. The summed E-state index contributed by atoms with van der Waals surface area (Å²) < 4.78 is 0. The minimum absolute atomic E-state index is 0.212. The van der Waals surface area contributed by atoms with Gasteiger partial charge in [-0.3, -0.25) is 0 Å². The molecule has 0 saturated heterocycles. The van der Waals surface area contributed by atoms with Crippen molar-refractivity contribution in [2.75, 3.05) is 0 Å². The van der Waals surface area contributed by atoms with Gasteiger partial charge in [-0.1, -0.05) is 0 Å². The van der Waals surface area contributed by atoms with Crippen molar-refractivity contribution in [3.63, 3.8) is 0 Å². The Kier molecular flexibility index (Phi) is 1.98. The van der Waals surface area contributed by atoms with E-state index in [4.69, 9.17) is 5.11 Å². The Hall–Kier alpha value is -2.17. The largest absolute Gasteiger partial charge is 0.478 e. The summed E-state index contributed by atoms with van der Waals surface area (Å²) in [6, 6.07) is 1.66. The van der Waals surface area contributed by atoms with Crippen LogP contribution in [-0.4, -0.2) is 26.0 Å². The lowest BCUT2D eigenvalue weighted by molar-refractivity contribution is 0.0698. The third-order valence-corrected chi connectivity index (χ3v) is 1.83. The van der Waals surface area contributed by atoms with Crippen molar-refractivity contribution >= 4 is 5.97 Å². The Morgan fingerprint density at radius 3 is 2.93 bits per heavy atom. The van der Waals surface area contributed by atoms with Gasteiger partial charge in [0.15, 0.2) is 0 Å². The molecule has 2 heterocycles. The molecule has 2 rings (SSSR count). The number of carboxylic acids is 1. The molecule has 0 fully saturated rings. The fourth-order valence-corrected chi connectivity index (χ4v) is 1.20. The third-order valence-electron chi connectivity index (χ3n) is 1.83. The molecule has 2 aromatic heterocycles. The summed E-state index contributed by atoms with van der Waals surface area (Å²) in [5, 5.41) is 8.85. The van der Waals surface area contributed by atoms with Crippen LogP contribution in [0.4, 0.5) is 0 Å². The average molecular weight is 189 g/mol. The van der Waals surface area contributed by atoms with Crippen LogP contribution in [0.5, 0.6) is 0 Å². The topological polar surface area (TPSA) is 78.9 Å². The highest BCUT2D eigenvalue weighted by atomic mass is 16.4. The number of hydrogen-bond donors (Lipinski definition) is 2. The Bertz CT molecular complexity index is 450. The van der Waals surface area contributed by atoms with E-state index in [1.165, 1.54) is 12.5 Å². The predicted molar refractivity (Wildman–Crippen MR) is 48.8 cm³/mol. The predicted octanol–water partition coefficient (Wildman–Crippen LogP) is 1.17. The van der Waals surface area contributed by atoms with Gasteiger partial charge in [-0.15, -0.1) is 0 Å². The van der Waals surface area contributed by atoms with Gasteiger partial charge in [0.2, 0.25) is 0 Å². The molecule has 0 bridgehead atoms. The van der Waals surface area contributed by atoms with Crippen LogP contribution in [-0.2, 0) is 0 Å². The van der Waals surface area contributed by atoms with Crippen LogP contribution in [0.1, 0.15) is 10.4 Å². The van der Waals surface area contributed by atoms with E-state index < -0.39 is 5.97 Å². The molecule has 0 aliphatic rings. The number of rotatable bonds is 2. The summed E-state index contributed by atoms with van der Waals surface area (Å²) >= 11 is 0. The summed E-state index contributed by atoms with van der Waals surface area (Å²) in [5.74, 6) is -0.972. The zero-order valence-corrected chi connectivity index (χ0v) is 7.14. The molecule has 5 heteroatoms. The number of carboxylic acid groups (broad SMARTS) is 1. The first kappa shape index (κ1) is 8.43. The highest BCUT2D eigenvalue weighted by Crippen LogP contribution is 2.20. The molecule has 0 saturated carbocycles. The molecule has 0 aliphatic heterocycles. The summed E-state index contributed by atoms with van der Waals surface area (Å²) in [4.78, 5) is 21.3. The summed E-state index contributed by atoms with van der Waals surface area (Å²) in [5.41, 5.74) is 1.38. The van der Waals surface area contributed by atoms with Crippen molar-refractivity contribution < 1.29 is 9.90 Å². The van der Waals surface area contributed by atoms with Crippen molar-refractivity contribution in [1.82, 2.24) is 15.0 Å². The van der Waals surface area contributed by atoms with Crippen molar-refractivity contribution in [1.29, 1.82) is 0 Å². The van der Waals surface area contributed by atoms with E-state index in [2.05, 4.69) is 15.0 Å². The maximum Gasteiger partial charge on any atom is 0.337 e. The number of carbonyl (C=O) groups is 1. The van der Waals surface area contributed by atoms with Crippen LogP contribution in [0.3, 0.4) is 0 Å². The molecule has 0 atom stereocenters. The van der Waals surface area contributed by atoms with Crippen molar-refractivity contribution in [3.8, 4) is 11.3 Å². The Morgan fingerprint density at radius 2 is 2.29 bits per heavy atom. The standard InChI is InChI=1S/C9H7N3O2/c13-9(14)7-4-11-3-6(7)8-1-2-10-5-12-8/h1-5,11H,(H,13,14). The molecule has 0 unspecified atom stereocenters. The van der Waals surface area contributed by atoms with E-state index in [9.17, 15) is 4.79 Å². The normalized spacial score (nSPS) is 10.0. The molecule has 0 spiro atoms. The smallest absolute Gasteiger partial charge is 0.337 e. The average Bonchev–Trinajstić information content (AvgIpc) is 2.67. The van der Waals surface area contributed by atoms with Gasteiger partial charge in [-0.25, -0.2) is 14.8 Å². The van der Waals surface area contributed by atoms with Gasteiger partial charge in [0.05, 0.1) is 11.3 Å². The molecular weight excluding hydrogens is 182 g/mol. The second-order valence-electron chi connectivity index (χ2n) is 2.68. The molecular formula is C9H7N3O2. The first-order valence-electron chi connectivity index (χ1n) is 3.95. The van der Waals surface area contributed by atoms with Crippen LogP contribution >= 0.6 is 0 Å². The lowest BCUT2D eigenvalue weighted by Gasteiger charge is -1.97. The number of hydrogen-bond acceptors (Lipinski definition) is 3. The van der Waals surface area contributed by atoms with E-state index in [0.717, 1.165) is 0 Å². The molecule has 5 nitrogen and oxygen atoms in total. The molecule has 0 aliphatic carbocycles. The highest BCUT2D eigenvalue weighted by molar-refractivity contribution is 5.95. The number of aromatic nitrogens is 3. The number of aromatic carboxylic acids is 1. The van der Waals surface area contributed by atoms with Gasteiger partial charge in [-0.05, 0) is 6.07 Å². The number of nitrogens with zero attached hydrogens (tertiary/aromatic N) is 2. The molecule has 2 N–H and O–H groups in total. The first-order valence-corrected chi connectivity index (χ1v) is 3.95. The lowest BCUT2D eigenvalue weighted by atomic mass is 10.1. The molecule has 0 aromatic carbocycles. The lowest BCUT2D eigenvalue weighted by Crippen LogP contribution is -1.96. The summed E-state index contributed by atoms with van der Waals surface area (Å²) in [6.45, 7) is 0. The third kappa shape index (κ3) is 1.35. The number of H-pyrrole nitrogens is 1. The summed E-state index contributed by atoms with van der Waals surface area (Å²) in [7, 11) is 0. The van der Waals surface area contributed by atoms with E-state index in [-0.39, 0.29) is 5.56 Å². The van der Waals surface area contributed by atoms with Gasteiger partial charge in [0.1, 0.15) is 6.33 Å². The quantitative estimate of drug-likeness (QED) is 0.743. The van der Waals surface area contributed by atoms with Crippen molar-refractivity contribution in [2.24, 2.45) is 0 Å². The van der Waals surface area contributed by atoms with Crippen LogP contribution in [0.2, 0.25) is 0 Å². The van der Waals surface area contributed by atoms with Gasteiger partial charge in [0.25, 0.3) is 0 Å². The maximum absolute atomic E-state index is 10.8. The fraction of sp³-hybridized carbons (Fsp3) is 0. The van der Waals surface area contributed by atoms with Crippen LogP contribution in [0, 0.1) is 0 Å². The minimum atomic E-state index is -0.972. The SMILES string of the molecule is O=C(O)c1c[nH]cc1-c1ccncn1. The maximum atomic E-state index is 10.8. The van der Waals surface area contributed by atoms with Crippen LogP contribution in [0.15, 0.2) is 31.0 Å². The molecule has 0 amide bonds. The zero-order chi connectivity index (χ0) is 9.97. The van der Waals surface area contributed by atoms with Crippen molar-refractivity contribution in [3.05, 3.63) is 36.5 Å². The van der Waals surface area contributed by atoms with Gasteiger partial charge in [-0.2, -0.15) is 0 Å². The second kappa shape index (κ2) is 3.29. The summed E-state index contributed by atoms with van der Waals surface area (Å²) in [6.07, 6.45) is 5.99. The monoisotopic (exact) mass is 189 g/mol. The molecule has 0 radical (unpaired) electrons. The Labute approximate surface area is 79.5 Å². The Morgan fingerprint density at radius 1 is 1.43 bits per heavy atom. The van der Waals surface area contributed by atoms with Gasteiger partial charge < -0.3 is 10.1 Å².